The Bertz CT molecular complexity index is 593. The normalized spacial score (nSPS) is 30.4. The maximum Gasteiger partial charge on any atom is 0.573 e. The smallest absolute Gasteiger partial charge is 0.406 e. The number of carbonyl (C=O) groups is 1. The van der Waals surface area contributed by atoms with E-state index in [4.69, 9.17) is 0 Å². The van der Waals surface area contributed by atoms with E-state index in [0.29, 0.717) is 19.3 Å². The molecule has 22 heavy (non-hydrogen) atoms. The van der Waals surface area contributed by atoms with Crippen LogP contribution in [0.15, 0.2) is 24.3 Å². The molecule has 1 unspecified atom stereocenters. The highest BCUT2D eigenvalue weighted by atomic mass is 19.4. The number of hydrogen-bond acceptors (Lipinski definition) is 4. The van der Waals surface area contributed by atoms with Gasteiger partial charge >= 0.3 is 6.36 Å². The van der Waals surface area contributed by atoms with E-state index in [-0.39, 0.29) is 17.1 Å². The number of rotatable bonds is 3. The fraction of sp³-hybridized carbons (Fsp3) is 0.500. The third-order valence-electron chi connectivity index (χ3n) is 4.03. The van der Waals surface area contributed by atoms with Gasteiger partial charge in [-0.2, -0.15) is 0 Å². The highest BCUT2D eigenvalue weighted by Crippen LogP contribution is 2.44. The molecule has 2 fully saturated rings. The number of benzene rings is 1. The highest BCUT2D eigenvalue weighted by molar-refractivity contribution is 5.95. The van der Waals surface area contributed by atoms with Crippen molar-refractivity contribution in [3.05, 3.63) is 24.3 Å². The summed E-state index contributed by atoms with van der Waals surface area (Å²) < 4.78 is 40.3. The molecule has 8 heteroatoms. The lowest BCUT2D eigenvalue weighted by Gasteiger charge is -2.14. The first-order valence-electron chi connectivity index (χ1n) is 6.90. The summed E-state index contributed by atoms with van der Waals surface area (Å²) in [7, 11) is 0. The molecule has 2 aliphatic rings. The van der Waals surface area contributed by atoms with Crippen LogP contribution in [0, 0.1) is 0 Å². The molecule has 1 heterocycles. The summed E-state index contributed by atoms with van der Waals surface area (Å²) in [6, 6.07) is 4.67. The third kappa shape index (κ3) is 3.17. The predicted molar refractivity (Wildman–Crippen MR) is 71.3 cm³/mol. The van der Waals surface area contributed by atoms with Crippen molar-refractivity contribution in [2.45, 2.75) is 43.3 Å². The largest absolute Gasteiger partial charge is 0.573 e. The first-order chi connectivity index (χ1) is 10.3. The molecular weight excluding hydrogens is 301 g/mol. The molecule has 0 bridgehead atoms. The molecule has 3 N–H and O–H groups in total. The maximum absolute atomic E-state index is 12.2. The van der Waals surface area contributed by atoms with Crippen LogP contribution in [-0.2, 0) is 4.79 Å². The monoisotopic (exact) mass is 316 g/mol. The molecule has 1 aliphatic heterocycles. The van der Waals surface area contributed by atoms with Crippen LogP contribution in [0.5, 0.6) is 5.75 Å². The molecule has 1 aromatic rings. The first-order valence-corrected chi connectivity index (χ1v) is 6.90. The summed E-state index contributed by atoms with van der Waals surface area (Å²) in [5, 5.41) is 15.2. The summed E-state index contributed by atoms with van der Waals surface area (Å²) >= 11 is 0. The van der Waals surface area contributed by atoms with E-state index in [1.54, 1.807) is 0 Å². The number of aliphatic hydroxyl groups excluding tert-OH is 1. The molecule has 3 rings (SSSR count). The van der Waals surface area contributed by atoms with Gasteiger partial charge in [-0.1, -0.05) is 6.07 Å². The Labute approximate surface area is 124 Å². The molecule has 0 radical (unpaired) electrons. The van der Waals surface area contributed by atoms with Gasteiger partial charge in [0.05, 0.1) is 12.1 Å². The van der Waals surface area contributed by atoms with Crippen LogP contribution in [0.1, 0.15) is 19.3 Å². The fourth-order valence-corrected chi connectivity index (χ4v) is 2.80. The van der Waals surface area contributed by atoms with Crippen molar-refractivity contribution in [2.24, 2.45) is 0 Å². The minimum absolute atomic E-state index is 0.228. The van der Waals surface area contributed by atoms with E-state index in [2.05, 4.69) is 15.4 Å². The topological polar surface area (TPSA) is 70.6 Å². The number of aliphatic hydroxyl groups is 1. The van der Waals surface area contributed by atoms with Gasteiger partial charge in [0, 0.05) is 17.3 Å². The molecule has 1 saturated carbocycles. The number of alkyl halides is 3. The van der Waals surface area contributed by atoms with E-state index in [1.165, 1.54) is 12.1 Å². The van der Waals surface area contributed by atoms with Crippen LogP contribution >= 0.6 is 0 Å². The van der Waals surface area contributed by atoms with Crippen molar-refractivity contribution in [3.63, 3.8) is 0 Å². The van der Waals surface area contributed by atoms with Crippen LogP contribution < -0.4 is 15.4 Å². The Hall–Kier alpha value is -1.80. The first kappa shape index (κ1) is 15.1. The van der Waals surface area contributed by atoms with Crippen LogP contribution in [0.2, 0.25) is 0 Å². The number of anilines is 1. The quantitative estimate of drug-likeness (QED) is 0.795. The van der Waals surface area contributed by atoms with E-state index < -0.39 is 24.3 Å². The van der Waals surface area contributed by atoms with Gasteiger partial charge < -0.3 is 15.2 Å². The van der Waals surface area contributed by atoms with Crippen molar-refractivity contribution >= 4 is 11.6 Å². The zero-order valence-electron chi connectivity index (χ0n) is 11.5. The molecule has 1 spiro atoms. The molecule has 120 valence electrons. The van der Waals surface area contributed by atoms with Gasteiger partial charge in [0.25, 0.3) is 0 Å². The van der Waals surface area contributed by atoms with Crippen molar-refractivity contribution in [3.8, 4) is 5.75 Å². The lowest BCUT2D eigenvalue weighted by molar-refractivity contribution is -0.274. The molecule has 1 aromatic carbocycles. The van der Waals surface area contributed by atoms with Gasteiger partial charge in [0.2, 0.25) is 5.91 Å². The number of carbonyl (C=O) groups excluding carboxylic acids is 1. The van der Waals surface area contributed by atoms with Gasteiger partial charge in [0.15, 0.2) is 0 Å². The second-order valence-corrected chi connectivity index (χ2v) is 5.68. The van der Waals surface area contributed by atoms with Gasteiger partial charge in [-0.3, -0.25) is 10.1 Å². The SMILES string of the molecule is O=C(Nc1cccc(OC(F)(F)F)c1)[C@@H]1CCC2(C[C@H]2O)N1. The third-order valence-corrected chi connectivity index (χ3v) is 4.03. The minimum atomic E-state index is -4.77. The van der Waals surface area contributed by atoms with Gasteiger partial charge in [-0.25, -0.2) is 0 Å². The molecule has 1 saturated heterocycles. The van der Waals surface area contributed by atoms with E-state index in [9.17, 15) is 23.1 Å². The fourth-order valence-electron chi connectivity index (χ4n) is 2.80. The van der Waals surface area contributed by atoms with Crippen molar-refractivity contribution in [1.82, 2.24) is 5.32 Å². The highest BCUT2D eigenvalue weighted by Gasteiger charge is 2.58. The Morgan fingerprint density at radius 2 is 2.18 bits per heavy atom. The zero-order chi connectivity index (χ0) is 16.0. The van der Waals surface area contributed by atoms with E-state index in [1.807, 2.05) is 0 Å². The van der Waals surface area contributed by atoms with Crippen LogP contribution in [-0.4, -0.2) is 35.1 Å². The Kier molecular flexibility index (Phi) is 3.53. The molecule has 0 aromatic heterocycles. The maximum atomic E-state index is 12.2. The molecule has 5 nitrogen and oxygen atoms in total. The average Bonchev–Trinajstić information content (AvgIpc) is 2.82. The van der Waals surface area contributed by atoms with Crippen LogP contribution in [0.3, 0.4) is 0 Å². The Balaban J connectivity index is 1.61. The van der Waals surface area contributed by atoms with E-state index >= 15 is 0 Å². The molecule has 1 aliphatic carbocycles. The predicted octanol–water partition coefficient (Wildman–Crippen LogP) is 1.78. The molecule has 1 amide bonds. The number of halogens is 3. The second-order valence-electron chi connectivity index (χ2n) is 5.68. The van der Waals surface area contributed by atoms with Crippen molar-refractivity contribution in [2.75, 3.05) is 5.32 Å². The molecule has 3 atom stereocenters. The lowest BCUT2D eigenvalue weighted by atomic mass is 10.1. The number of amides is 1. The molecular formula is C14H15F3N2O3. The summed E-state index contributed by atoms with van der Waals surface area (Å²) in [5.74, 6) is -0.723. The van der Waals surface area contributed by atoms with Gasteiger partial charge in [0.1, 0.15) is 5.75 Å². The van der Waals surface area contributed by atoms with Crippen LogP contribution in [0.25, 0.3) is 0 Å². The summed E-state index contributed by atoms with van der Waals surface area (Å²) in [6.45, 7) is 0. The van der Waals surface area contributed by atoms with Crippen molar-refractivity contribution in [1.29, 1.82) is 0 Å². The second kappa shape index (κ2) is 5.13. The average molecular weight is 316 g/mol. The lowest BCUT2D eigenvalue weighted by Crippen LogP contribution is -2.41. The Morgan fingerprint density at radius 3 is 2.77 bits per heavy atom. The van der Waals surface area contributed by atoms with Crippen LogP contribution in [0.4, 0.5) is 18.9 Å². The van der Waals surface area contributed by atoms with Gasteiger partial charge in [-0.05, 0) is 31.4 Å². The van der Waals surface area contributed by atoms with E-state index in [0.717, 1.165) is 12.1 Å². The standard InChI is InChI=1S/C14H15F3N2O3/c15-14(16,17)22-9-3-1-2-8(6-9)18-12(21)10-4-5-13(19-10)7-11(13)20/h1-3,6,10-11,19-20H,4-5,7H2,(H,18,21)/t10-,11+,13?/m0/s1. The van der Waals surface area contributed by atoms with Gasteiger partial charge in [-0.15, -0.1) is 13.2 Å². The summed E-state index contributed by atoms with van der Waals surface area (Å²) in [6.07, 6.45) is -3.27. The van der Waals surface area contributed by atoms with Crippen molar-refractivity contribution < 1.29 is 27.8 Å². The zero-order valence-corrected chi connectivity index (χ0v) is 11.5. The summed E-state index contributed by atoms with van der Waals surface area (Å²) in [4.78, 5) is 12.1. The Morgan fingerprint density at radius 1 is 1.45 bits per heavy atom. The summed E-state index contributed by atoms with van der Waals surface area (Å²) in [5.41, 5.74) is -0.116. The number of nitrogens with one attached hydrogen (secondary N) is 2. The minimum Gasteiger partial charge on any atom is -0.406 e. The number of ether oxygens (including phenoxy) is 1. The number of hydrogen-bond donors (Lipinski definition) is 3.